The molecule has 0 aromatic rings. The Balaban J connectivity index is -0.000000203. The van der Waals surface area contributed by atoms with E-state index in [1.807, 2.05) is 27.7 Å². The van der Waals surface area contributed by atoms with Crippen molar-refractivity contribution in [1.29, 1.82) is 0 Å². The maximum Gasteiger partial charge on any atom is 0.320 e. The van der Waals surface area contributed by atoms with Crippen molar-refractivity contribution in [3.8, 4) is 0 Å². The number of carboxylic acid groups (broad SMARTS) is 4. The SMILES string of the molecule is CC(C)C[C@H](N)C(=O)O.CC(C)C[C@H](N)C(=O)O.NCCCC[C@H](N)C(=O)O.NCCCC[C@H](N)C(=O)O. The second-order valence-corrected chi connectivity index (χ2v) is 9.61. The van der Waals surface area contributed by atoms with Crippen molar-refractivity contribution in [2.24, 2.45) is 46.2 Å². The van der Waals surface area contributed by atoms with Gasteiger partial charge >= 0.3 is 23.9 Å². The molecule has 0 saturated carbocycles. The van der Waals surface area contributed by atoms with Crippen molar-refractivity contribution < 1.29 is 39.6 Å². The Morgan fingerprint density at radius 2 is 0.737 bits per heavy atom. The van der Waals surface area contributed by atoms with Crippen molar-refractivity contribution in [3.63, 3.8) is 0 Å². The molecule has 0 radical (unpaired) electrons. The predicted molar refractivity (Wildman–Crippen MR) is 147 cm³/mol. The second-order valence-electron chi connectivity index (χ2n) is 9.61. The minimum absolute atomic E-state index is 0.357. The van der Waals surface area contributed by atoms with Gasteiger partial charge < -0.3 is 54.8 Å². The van der Waals surface area contributed by atoms with Crippen LogP contribution in [0.2, 0.25) is 0 Å². The van der Waals surface area contributed by atoms with Crippen LogP contribution < -0.4 is 34.4 Å². The number of aliphatic carboxylic acids is 4. The highest BCUT2D eigenvalue weighted by atomic mass is 16.4. The van der Waals surface area contributed by atoms with Gasteiger partial charge in [0.15, 0.2) is 0 Å². The van der Waals surface area contributed by atoms with E-state index in [-0.39, 0.29) is 0 Å². The molecular weight excluding hydrogens is 500 g/mol. The average Bonchev–Trinajstić information content (AvgIpc) is 2.79. The Hall–Kier alpha value is -2.36. The third kappa shape index (κ3) is 35.8. The lowest BCUT2D eigenvalue weighted by Crippen LogP contribution is -2.31. The number of hydrogen-bond donors (Lipinski definition) is 10. The third-order valence-corrected chi connectivity index (χ3v) is 4.66. The number of carbonyl (C=O) groups is 4. The molecule has 4 atom stereocenters. The first-order valence-corrected chi connectivity index (χ1v) is 12.8. The summed E-state index contributed by atoms with van der Waals surface area (Å²) < 4.78 is 0. The van der Waals surface area contributed by atoms with Crippen molar-refractivity contribution in [3.05, 3.63) is 0 Å². The molecule has 0 bridgehead atoms. The number of rotatable bonds is 16. The van der Waals surface area contributed by atoms with Crippen molar-refractivity contribution >= 4 is 23.9 Å². The molecule has 0 unspecified atom stereocenters. The van der Waals surface area contributed by atoms with E-state index in [2.05, 4.69) is 0 Å². The standard InChI is InChI=1S/2C6H14N2O2.2C6H13NO2/c2*7-4-2-1-3-5(8)6(9)10;2*1-4(2)3-5(7)6(8)9/h2*5H,1-4,7-8H2,(H,9,10);2*4-5H,3,7H2,1-2H3,(H,8,9)/t4*5-/m0000/s1. The van der Waals surface area contributed by atoms with E-state index in [0.29, 0.717) is 50.6 Å². The van der Waals surface area contributed by atoms with Crippen LogP contribution >= 0.6 is 0 Å². The maximum atomic E-state index is 10.1. The molecule has 0 heterocycles. The van der Waals surface area contributed by atoms with E-state index in [0.717, 1.165) is 25.7 Å². The highest BCUT2D eigenvalue weighted by Crippen LogP contribution is 2.02. The van der Waals surface area contributed by atoms with Crippen molar-refractivity contribution in [1.82, 2.24) is 0 Å². The molecule has 0 fully saturated rings. The maximum absolute atomic E-state index is 10.1. The fourth-order valence-electron chi connectivity index (χ4n) is 2.48. The van der Waals surface area contributed by atoms with Gasteiger partial charge in [-0.25, -0.2) is 0 Å². The normalized spacial score (nSPS) is 13.4. The zero-order valence-electron chi connectivity index (χ0n) is 23.4. The molecule has 16 N–H and O–H groups in total. The quantitative estimate of drug-likeness (QED) is 0.112. The van der Waals surface area contributed by atoms with Crippen LogP contribution in [0.5, 0.6) is 0 Å². The summed E-state index contributed by atoms with van der Waals surface area (Å²) in [4.78, 5) is 40.5. The molecule has 0 aromatic carbocycles. The van der Waals surface area contributed by atoms with Crippen LogP contribution in [0, 0.1) is 11.8 Å². The van der Waals surface area contributed by atoms with Crippen LogP contribution in [0.3, 0.4) is 0 Å². The monoisotopic (exact) mass is 554 g/mol. The minimum Gasteiger partial charge on any atom is -0.480 e. The van der Waals surface area contributed by atoms with E-state index in [4.69, 9.17) is 54.8 Å². The fourth-order valence-corrected chi connectivity index (χ4v) is 2.48. The van der Waals surface area contributed by atoms with Crippen molar-refractivity contribution in [2.75, 3.05) is 13.1 Å². The summed E-state index contributed by atoms with van der Waals surface area (Å²) in [5, 5.41) is 33.3. The highest BCUT2D eigenvalue weighted by molar-refractivity contribution is 5.74. The first-order chi connectivity index (χ1) is 17.4. The van der Waals surface area contributed by atoms with E-state index in [9.17, 15) is 19.2 Å². The Bertz CT molecular complexity index is 571. The van der Waals surface area contributed by atoms with Gasteiger partial charge in [0.05, 0.1) is 0 Å². The third-order valence-electron chi connectivity index (χ3n) is 4.66. The first-order valence-electron chi connectivity index (χ1n) is 12.8. The van der Waals surface area contributed by atoms with Gasteiger partial charge in [0.1, 0.15) is 24.2 Å². The summed E-state index contributed by atoms with van der Waals surface area (Å²) in [7, 11) is 0. The molecule has 228 valence electrons. The summed E-state index contributed by atoms with van der Waals surface area (Å²) in [5.41, 5.74) is 31.3. The molecule has 0 aliphatic carbocycles. The summed E-state index contributed by atoms with van der Waals surface area (Å²) >= 11 is 0. The van der Waals surface area contributed by atoms with Crippen LogP contribution in [0.4, 0.5) is 0 Å². The van der Waals surface area contributed by atoms with Crippen LogP contribution in [-0.2, 0) is 19.2 Å². The summed E-state index contributed by atoms with van der Waals surface area (Å²) in [6.07, 6.45) is 5.43. The van der Waals surface area contributed by atoms with Gasteiger partial charge in [-0.2, -0.15) is 0 Å². The number of hydrogen-bond acceptors (Lipinski definition) is 10. The van der Waals surface area contributed by atoms with Crippen LogP contribution in [-0.4, -0.2) is 81.6 Å². The summed E-state index contributed by atoms with van der Waals surface area (Å²) in [6, 6.07) is -2.81. The fraction of sp³-hybridized carbons (Fsp3) is 0.833. The van der Waals surface area contributed by atoms with Crippen LogP contribution in [0.15, 0.2) is 0 Å². The van der Waals surface area contributed by atoms with E-state index < -0.39 is 48.0 Å². The Morgan fingerprint density at radius 1 is 0.500 bits per heavy atom. The summed E-state index contributed by atoms with van der Waals surface area (Å²) in [5.74, 6) is -2.98. The molecule has 0 rings (SSSR count). The van der Waals surface area contributed by atoms with Gasteiger partial charge in [-0.1, -0.05) is 40.5 Å². The zero-order chi connectivity index (χ0) is 30.8. The first kappa shape index (κ1) is 42.7. The van der Waals surface area contributed by atoms with E-state index in [1.165, 1.54) is 0 Å². The average molecular weight is 555 g/mol. The van der Waals surface area contributed by atoms with E-state index >= 15 is 0 Å². The van der Waals surface area contributed by atoms with Gasteiger partial charge in [0.2, 0.25) is 0 Å². The molecule has 14 nitrogen and oxygen atoms in total. The van der Waals surface area contributed by atoms with Crippen molar-refractivity contribution in [2.45, 2.75) is 103 Å². The molecule has 0 aliphatic rings. The smallest absolute Gasteiger partial charge is 0.320 e. The van der Waals surface area contributed by atoms with Gasteiger partial charge in [-0.05, 0) is 63.5 Å². The topological polar surface area (TPSA) is 305 Å². The summed E-state index contributed by atoms with van der Waals surface area (Å²) in [6.45, 7) is 9.00. The van der Waals surface area contributed by atoms with Gasteiger partial charge in [0.25, 0.3) is 0 Å². The van der Waals surface area contributed by atoms with Gasteiger partial charge in [0, 0.05) is 0 Å². The lowest BCUT2D eigenvalue weighted by Gasteiger charge is -2.07. The molecule has 0 aromatic heterocycles. The largest absolute Gasteiger partial charge is 0.480 e. The predicted octanol–water partition coefficient (Wildman–Crippen LogP) is -0.0566. The lowest BCUT2D eigenvalue weighted by atomic mass is 10.1. The molecule has 38 heavy (non-hydrogen) atoms. The Kier molecular flexibility index (Phi) is 31.1. The second kappa shape index (κ2) is 27.7. The molecule has 0 aliphatic heterocycles. The molecule has 14 heteroatoms. The minimum atomic E-state index is -0.933. The van der Waals surface area contributed by atoms with Crippen LogP contribution in [0.1, 0.15) is 79.1 Å². The zero-order valence-corrected chi connectivity index (χ0v) is 23.4. The lowest BCUT2D eigenvalue weighted by molar-refractivity contribution is -0.139. The number of carboxylic acids is 4. The highest BCUT2D eigenvalue weighted by Gasteiger charge is 2.13. The van der Waals surface area contributed by atoms with E-state index in [1.54, 1.807) is 0 Å². The van der Waals surface area contributed by atoms with Gasteiger partial charge in [-0.3, -0.25) is 19.2 Å². The Labute approximate surface area is 226 Å². The molecule has 0 saturated heterocycles. The number of nitrogens with two attached hydrogens (primary N) is 6. The number of unbranched alkanes of at least 4 members (excludes halogenated alkanes) is 2. The molecule has 0 spiro atoms. The van der Waals surface area contributed by atoms with Crippen LogP contribution in [0.25, 0.3) is 0 Å². The molecule has 0 amide bonds. The molecular formula is C24H54N6O8. The Morgan fingerprint density at radius 3 is 0.868 bits per heavy atom. The van der Waals surface area contributed by atoms with Gasteiger partial charge in [-0.15, -0.1) is 0 Å².